The second-order valence-electron chi connectivity index (χ2n) is 8.35. The molecule has 0 radical (unpaired) electrons. The fraction of sp³-hybridized carbons (Fsp3) is 0.375. The largest absolute Gasteiger partial charge is 0.384 e. The van der Waals surface area contributed by atoms with Crippen molar-refractivity contribution >= 4 is 23.0 Å². The lowest BCUT2D eigenvalue weighted by Crippen LogP contribution is -2.38. The van der Waals surface area contributed by atoms with E-state index in [1.54, 1.807) is 17.0 Å². The van der Waals surface area contributed by atoms with Gasteiger partial charge in [0.05, 0.1) is 23.7 Å². The van der Waals surface area contributed by atoms with Gasteiger partial charge in [0.15, 0.2) is 7.11 Å². The molecule has 3 N–H and O–H groups in total. The van der Waals surface area contributed by atoms with Gasteiger partial charge in [0, 0.05) is 36.5 Å². The van der Waals surface area contributed by atoms with Gasteiger partial charge in [-0.1, -0.05) is 43.2 Å². The lowest BCUT2D eigenvalue weighted by Gasteiger charge is -2.27. The third kappa shape index (κ3) is 4.39. The Kier molecular flexibility index (Phi) is 6.30. The molecule has 2 aromatic carbocycles. The first kappa shape index (κ1) is 21.7. The van der Waals surface area contributed by atoms with Crippen LogP contribution in [0.2, 0.25) is 0 Å². The molecule has 0 bridgehead atoms. The van der Waals surface area contributed by atoms with Crippen LogP contribution in [0.3, 0.4) is 0 Å². The van der Waals surface area contributed by atoms with Gasteiger partial charge in [-0.15, -0.1) is 0 Å². The van der Waals surface area contributed by atoms with Gasteiger partial charge in [-0.3, -0.25) is 4.79 Å². The molecule has 8 heteroatoms. The minimum Gasteiger partial charge on any atom is -0.384 e. The Bertz CT molecular complexity index is 1030. The maximum atomic E-state index is 13.4. The van der Waals surface area contributed by atoms with E-state index < -0.39 is 0 Å². The molecule has 2 aliphatic rings. The Morgan fingerprint density at radius 3 is 2.59 bits per heavy atom. The molecule has 0 spiro atoms. The number of rotatable bonds is 6. The van der Waals surface area contributed by atoms with E-state index in [2.05, 4.69) is 5.32 Å². The SMILES string of the molecule is CO[N+](=O)c1ccc2c(c1)/C(=C(/N)NC1CCCC1)N(Cc1ccccc1)C(=O)CN2C. The predicted molar refractivity (Wildman–Crippen MR) is 123 cm³/mol. The molecule has 8 nitrogen and oxygen atoms in total. The fourth-order valence-corrected chi connectivity index (χ4v) is 4.49. The summed E-state index contributed by atoms with van der Waals surface area (Å²) in [5, 5.41) is 3.45. The number of benzene rings is 2. The summed E-state index contributed by atoms with van der Waals surface area (Å²) in [7, 11) is 3.19. The monoisotopic (exact) mass is 436 g/mol. The minimum atomic E-state index is -0.0639. The Labute approximate surface area is 188 Å². The van der Waals surface area contributed by atoms with Gasteiger partial charge in [-0.05, 0) is 24.5 Å². The first-order valence-corrected chi connectivity index (χ1v) is 11.0. The topological polar surface area (TPSA) is 90.9 Å². The number of carbonyl (C=O) groups is 1. The maximum absolute atomic E-state index is 13.4. The molecule has 1 aliphatic heterocycles. The quantitative estimate of drug-likeness (QED) is 0.676. The van der Waals surface area contributed by atoms with Crippen LogP contribution in [0.5, 0.6) is 0 Å². The predicted octanol–water partition coefficient (Wildman–Crippen LogP) is 3.25. The van der Waals surface area contributed by atoms with Crippen molar-refractivity contribution in [3.8, 4) is 0 Å². The fourth-order valence-electron chi connectivity index (χ4n) is 4.49. The summed E-state index contributed by atoms with van der Waals surface area (Å²) in [4.78, 5) is 34.5. The van der Waals surface area contributed by atoms with E-state index in [1.807, 2.05) is 48.3 Å². The number of anilines is 1. The van der Waals surface area contributed by atoms with Crippen molar-refractivity contribution in [2.24, 2.45) is 5.73 Å². The highest BCUT2D eigenvalue weighted by Crippen LogP contribution is 2.37. The van der Waals surface area contributed by atoms with Crippen molar-refractivity contribution in [2.75, 3.05) is 25.6 Å². The number of fused-ring (bicyclic) bond motifs is 1. The van der Waals surface area contributed by atoms with Crippen LogP contribution in [-0.2, 0) is 16.2 Å². The summed E-state index contributed by atoms with van der Waals surface area (Å²) in [6.07, 6.45) is 4.42. The number of carbonyl (C=O) groups excluding carboxylic acids is 1. The van der Waals surface area contributed by atoms with Gasteiger partial charge in [0.25, 0.3) is 4.92 Å². The molecular weight excluding hydrogens is 406 g/mol. The summed E-state index contributed by atoms with van der Waals surface area (Å²) in [5.74, 6) is 0.385. The summed E-state index contributed by atoms with van der Waals surface area (Å²) < 4.78 is 0. The van der Waals surface area contributed by atoms with Crippen LogP contribution in [-0.4, -0.2) is 42.5 Å². The van der Waals surface area contributed by atoms with Gasteiger partial charge in [0.1, 0.15) is 5.82 Å². The number of nitrogens with two attached hydrogens (primary N) is 1. The van der Waals surface area contributed by atoms with E-state index in [-0.39, 0.29) is 18.5 Å². The maximum Gasteiger partial charge on any atom is 0.317 e. The van der Waals surface area contributed by atoms with E-state index in [0.29, 0.717) is 34.2 Å². The van der Waals surface area contributed by atoms with Crippen molar-refractivity contribution in [1.82, 2.24) is 10.2 Å². The molecule has 2 aromatic rings. The van der Waals surface area contributed by atoms with Gasteiger partial charge in [-0.25, -0.2) is 4.84 Å². The lowest BCUT2D eigenvalue weighted by molar-refractivity contribution is -0.736. The van der Waals surface area contributed by atoms with Gasteiger partial charge in [-0.2, -0.15) is 0 Å². The highest BCUT2D eigenvalue weighted by molar-refractivity contribution is 5.96. The van der Waals surface area contributed by atoms with E-state index in [1.165, 1.54) is 7.11 Å². The summed E-state index contributed by atoms with van der Waals surface area (Å²) in [6.45, 7) is 0.579. The standard InChI is InChI=1S/C24H30N5O3/c1-27-16-22(30)28(15-17-8-4-3-5-9-17)23(24(25)26-18-10-6-7-11-18)20-14-19(29(31)32-2)12-13-21(20)27/h3-5,8-9,12-14,18,26H,6-7,10-11,15-16,25H2,1-2H3/q+1/b24-23+. The molecular formula is C24H30N5O3+. The van der Waals surface area contributed by atoms with Crippen molar-refractivity contribution in [3.05, 3.63) is 70.4 Å². The summed E-state index contributed by atoms with van der Waals surface area (Å²) >= 11 is 0. The molecule has 1 aliphatic carbocycles. The smallest absolute Gasteiger partial charge is 0.317 e. The first-order valence-electron chi connectivity index (χ1n) is 11.0. The third-order valence-corrected chi connectivity index (χ3v) is 6.12. The normalized spacial score (nSPS) is 18.2. The number of hydrogen-bond donors (Lipinski definition) is 2. The molecule has 1 amide bonds. The van der Waals surface area contributed by atoms with Crippen LogP contribution in [0.1, 0.15) is 36.8 Å². The van der Waals surface area contributed by atoms with E-state index >= 15 is 0 Å². The average molecular weight is 437 g/mol. The molecule has 0 saturated heterocycles. The van der Waals surface area contributed by atoms with Gasteiger partial charge < -0.3 is 20.9 Å². The van der Waals surface area contributed by atoms with Gasteiger partial charge >= 0.3 is 5.69 Å². The highest BCUT2D eigenvalue weighted by atomic mass is 16.8. The average Bonchev–Trinajstić information content (AvgIpc) is 3.28. The zero-order valence-corrected chi connectivity index (χ0v) is 18.6. The van der Waals surface area contributed by atoms with Crippen LogP contribution in [0.25, 0.3) is 5.70 Å². The van der Waals surface area contributed by atoms with Crippen LogP contribution < -0.4 is 16.0 Å². The van der Waals surface area contributed by atoms with E-state index in [9.17, 15) is 9.70 Å². The van der Waals surface area contributed by atoms with Crippen molar-refractivity contribution in [3.63, 3.8) is 0 Å². The Morgan fingerprint density at radius 1 is 1.19 bits per heavy atom. The molecule has 1 saturated carbocycles. The molecule has 32 heavy (non-hydrogen) atoms. The number of amides is 1. The van der Waals surface area contributed by atoms with E-state index in [4.69, 9.17) is 10.6 Å². The lowest BCUT2D eigenvalue weighted by atomic mass is 10.1. The Balaban J connectivity index is 1.86. The number of nitrogens with zero attached hydrogens (tertiary/aromatic N) is 3. The summed E-state index contributed by atoms with van der Waals surface area (Å²) in [6, 6.07) is 15.3. The van der Waals surface area contributed by atoms with Crippen LogP contribution >= 0.6 is 0 Å². The second kappa shape index (κ2) is 9.30. The second-order valence-corrected chi connectivity index (χ2v) is 8.35. The molecule has 1 heterocycles. The first-order chi connectivity index (χ1) is 15.5. The summed E-state index contributed by atoms with van der Waals surface area (Å²) in [5.41, 5.74) is 10.1. The van der Waals surface area contributed by atoms with Crippen LogP contribution in [0.15, 0.2) is 54.4 Å². The van der Waals surface area contributed by atoms with Crippen molar-refractivity contribution < 1.29 is 14.6 Å². The molecule has 1 fully saturated rings. The molecule has 0 aromatic heterocycles. The molecule has 168 valence electrons. The zero-order valence-electron chi connectivity index (χ0n) is 18.6. The Morgan fingerprint density at radius 2 is 1.91 bits per heavy atom. The molecule has 4 rings (SSSR count). The van der Waals surface area contributed by atoms with Crippen LogP contribution in [0.4, 0.5) is 11.4 Å². The molecule has 0 unspecified atom stereocenters. The third-order valence-electron chi connectivity index (χ3n) is 6.12. The zero-order chi connectivity index (χ0) is 22.7. The number of hydrogen-bond acceptors (Lipinski definition) is 6. The Hall–Kier alpha value is -3.55. The van der Waals surface area contributed by atoms with Crippen molar-refractivity contribution in [1.29, 1.82) is 0 Å². The van der Waals surface area contributed by atoms with E-state index in [0.717, 1.165) is 36.9 Å². The van der Waals surface area contributed by atoms with Gasteiger partial charge in [0.2, 0.25) is 5.91 Å². The molecule has 0 atom stereocenters. The minimum absolute atomic E-state index is 0.0639. The highest BCUT2D eigenvalue weighted by Gasteiger charge is 2.33. The van der Waals surface area contributed by atoms with Crippen molar-refractivity contribution in [2.45, 2.75) is 38.3 Å². The number of nitrogens with one attached hydrogen (secondary N) is 1. The number of likely N-dealkylation sites (N-methyl/N-ethyl adjacent to an activating group) is 1. The van der Waals surface area contributed by atoms with Crippen LogP contribution in [0, 0.1) is 4.91 Å².